The molecule has 1 aromatic carbocycles. The van der Waals surface area contributed by atoms with Gasteiger partial charge in [0, 0.05) is 25.3 Å². The van der Waals surface area contributed by atoms with E-state index < -0.39 is 0 Å². The summed E-state index contributed by atoms with van der Waals surface area (Å²) in [6.45, 7) is 5.51. The molecule has 3 nitrogen and oxygen atoms in total. The van der Waals surface area contributed by atoms with E-state index in [1.54, 1.807) is 7.11 Å². The largest absolute Gasteiger partial charge is 0.496 e. The topological polar surface area (TPSA) is 30.5 Å². The Morgan fingerprint density at radius 1 is 1.18 bits per heavy atom. The summed E-state index contributed by atoms with van der Waals surface area (Å²) in [6.07, 6.45) is 2.33. The summed E-state index contributed by atoms with van der Waals surface area (Å²) in [5.41, 5.74) is 1.18. The van der Waals surface area contributed by atoms with Gasteiger partial charge in [-0.2, -0.15) is 0 Å². The first-order valence-corrected chi connectivity index (χ1v) is 6.28. The SMILES string of the molecule is CCCCOCCNCc1ccccc1OC. The van der Waals surface area contributed by atoms with Gasteiger partial charge in [-0.3, -0.25) is 0 Å². The van der Waals surface area contributed by atoms with Crippen LogP contribution < -0.4 is 10.1 Å². The van der Waals surface area contributed by atoms with Crippen molar-refractivity contribution in [1.82, 2.24) is 5.32 Å². The minimum absolute atomic E-state index is 0.773. The number of benzene rings is 1. The predicted octanol–water partition coefficient (Wildman–Crippen LogP) is 2.60. The fourth-order valence-corrected chi connectivity index (χ4v) is 1.56. The first-order chi connectivity index (χ1) is 8.38. The van der Waals surface area contributed by atoms with E-state index in [9.17, 15) is 0 Å². The fraction of sp³-hybridized carbons (Fsp3) is 0.571. The molecule has 0 bridgehead atoms. The van der Waals surface area contributed by atoms with Crippen LogP contribution in [0.5, 0.6) is 5.75 Å². The predicted molar refractivity (Wildman–Crippen MR) is 70.4 cm³/mol. The summed E-state index contributed by atoms with van der Waals surface area (Å²) in [6, 6.07) is 8.06. The molecule has 1 rings (SSSR count). The number of unbranched alkanes of at least 4 members (excludes halogenated alkanes) is 1. The lowest BCUT2D eigenvalue weighted by atomic mass is 10.2. The number of para-hydroxylation sites is 1. The van der Waals surface area contributed by atoms with Crippen molar-refractivity contribution in [3.8, 4) is 5.75 Å². The van der Waals surface area contributed by atoms with Gasteiger partial charge in [0.2, 0.25) is 0 Å². The Kier molecular flexibility index (Phi) is 7.43. The van der Waals surface area contributed by atoms with E-state index in [4.69, 9.17) is 9.47 Å². The van der Waals surface area contributed by atoms with Gasteiger partial charge in [0.25, 0.3) is 0 Å². The van der Waals surface area contributed by atoms with Crippen molar-refractivity contribution < 1.29 is 9.47 Å². The Hall–Kier alpha value is -1.06. The number of nitrogens with one attached hydrogen (secondary N) is 1. The molecule has 0 fully saturated rings. The number of hydrogen-bond acceptors (Lipinski definition) is 3. The highest BCUT2D eigenvalue weighted by atomic mass is 16.5. The first-order valence-electron chi connectivity index (χ1n) is 6.28. The van der Waals surface area contributed by atoms with Gasteiger partial charge >= 0.3 is 0 Å². The summed E-state index contributed by atoms with van der Waals surface area (Å²) in [5.74, 6) is 0.937. The van der Waals surface area contributed by atoms with Crippen LogP contribution in [0.15, 0.2) is 24.3 Å². The van der Waals surface area contributed by atoms with Crippen molar-refractivity contribution in [3.05, 3.63) is 29.8 Å². The van der Waals surface area contributed by atoms with Gasteiger partial charge < -0.3 is 14.8 Å². The molecule has 17 heavy (non-hydrogen) atoms. The van der Waals surface area contributed by atoms with Crippen LogP contribution in [0.1, 0.15) is 25.3 Å². The highest BCUT2D eigenvalue weighted by molar-refractivity contribution is 5.32. The normalized spacial score (nSPS) is 10.5. The molecule has 0 saturated carbocycles. The fourth-order valence-electron chi connectivity index (χ4n) is 1.56. The van der Waals surface area contributed by atoms with Crippen LogP contribution in [0.25, 0.3) is 0 Å². The Labute approximate surface area is 104 Å². The van der Waals surface area contributed by atoms with Crippen molar-refractivity contribution in [2.75, 3.05) is 26.9 Å². The highest BCUT2D eigenvalue weighted by Gasteiger charge is 1.99. The van der Waals surface area contributed by atoms with Crippen LogP contribution in [-0.2, 0) is 11.3 Å². The van der Waals surface area contributed by atoms with Crippen LogP contribution in [0.2, 0.25) is 0 Å². The molecule has 0 saturated heterocycles. The molecule has 0 aromatic heterocycles. The maximum absolute atomic E-state index is 5.47. The molecule has 0 aliphatic carbocycles. The third-order valence-electron chi connectivity index (χ3n) is 2.57. The van der Waals surface area contributed by atoms with E-state index in [2.05, 4.69) is 18.3 Å². The second-order valence-electron chi connectivity index (χ2n) is 3.95. The van der Waals surface area contributed by atoms with Gasteiger partial charge in [-0.25, -0.2) is 0 Å². The monoisotopic (exact) mass is 237 g/mol. The maximum atomic E-state index is 5.47. The zero-order valence-corrected chi connectivity index (χ0v) is 10.9. The quantitative estimate of drug-likeness (QED) is 0.670. The van der Waals surface area contributed by atoms with E-state index in [0.29, 0.717) is 0 Å². The second kappa shape index (κ2) is 9.02. The molecule has 0 aliphatic rings. The molecule has 0 unspecified atom stereocenters. The maximum Gasteiger partial charge on any atom is 0.123 e. The van der Waals surface area contributed by atoms with Gasteiger partial charge in [0.05, 0.1) is 13.7 Å². The van der Waals surface area contributed by atoms with Crippen LogP contribution in [0.4, 0.5) is 0 Å². The minimum atomic E-state index is 0.773. The van der Waals surface area contributed by atoms with Crippen molar-refractivity contribution >= 4 is 0 Å². The summed E-state index contributed by atoms with van der Waals surface area (Å²) < 4.78 is 10.8. The van der Waals surface area contributed by atoms with Gasteiger partial charge in [-0.05, 0) is 12.5 Å². The number of ether oxygens (including phenoxy) is 2. The summed E-state index contributed by atoms with van der Waals surface area (Å²) >= 11 is 0. The summed E-state index contributed by atoms with van der Waals surface area (Å²) in [4.78, 5) is 0. The van der Waals surface area contributed by atoms with Gasteiger partial charge in [0.15, 0.2) is 0 Å². The second-order valence-corrected chi connectivity index (χ2v) is 3.95. The van der Waals surface area contributed by atoms with Crippen molar-refractivity contribution in [2.45, 2.75) is 26.3 Å². The molecule has 0 atom stereocenters. The van der Waals surface area contributed by atoms with Crippen molar-refractivity contribution in [2.24, 2.45) is 0 Å². The molecule has 96 valence electrons. The Balaban J connectivity index is 2.13. The Bertz CT molecular complexity index is 302. The molecule has 1 N–H and O–H groups in total. The van der Waals surface area contributed by atoms with Crippen molar-refractivity contribution in [3.63, 3.8) is 0 Å². The van der Waals surface area contributed by atoms with Gasteiger partial charge in [-0.15, -0.1) is 0 Å². The van der Waals surface area contributed by atoms with E-state index in [-0.39, 0.29) is 0 Å². The molecule has 0 radical (unpaired) electrons. The number of rotatable bonds is 9. The van der Waals surface area contributed by atoms with Crippen LogP contribution in [-0.4, -0.2) is 26.9 Å². The zero-order valence-electron chi connectivity index (χ0n) is 10.9. The molecule has 0 amide bonds. The third kappa shape index (κ3) is 5.71. The highest BCUT2D eigenvalue weighted by Crippen LogP contribution is 2.16. The lowest BCUT2D eigenvalue weighted by molar-refractivity contribution is 0.133. The molecular formula is C14H23NO2. The molecule has 0 spiro atoms. The van der Waals surface area contributed by atoms with E-state index in [1.807, 2.05) is 18.2 Å². The smallest absolute Gasteiger partial charge is 0.123 e. The molecule has 1 aromatic rings. The average molecular weight is 237 g/mol. The molecule has 0 heterocycles. The van der Waals surface area contributed by atoms with Gasteiger partial charge in [-0.1, -0.05) is 31.5 Å². The standard InChI is InChI=1S/C14H23NO2/c1-3-4-10-17-11-9-15-12-13-7-5-6-8-14(13)16-2/h5-8,15H,3-4,9-12H2,1-2H3. The van der Waals surface area contributed by atoms with Crippen LogP contribution in [0.3, 0.4) is 0 Å². The van der Waals surface area contributed by atoms with Crippen LogP contribution in [0, 0.1) is 0 Å². The van der Waals surface area contributed by atoms with E-state index in [0.717, 1.165) is 38.5 Å². The van der Waals surface area contributed by atoms with Gasteiger partial charge in [0.1, 0.15) is 5.75 Å². The lowest BCUT2D eigenvalue weighted by Crippen LogP contribution is -2.19. The lowest BCUT2D eigenvalue weighted by Gasteiger charge is -2.09. The number of hydrogen-bond donors (Lipinski definition) is 1. The Morgan fingerprint density at radius 3 is 2.76 bits per heavy atom. The third-order valence-corrected chi connectivity index (χ3v) is 2.57. The molecule has 0 aliphatic heterocycles. The summed E-state index contributed by atoms with van der Waals surface area (Å²) in [7, 11) is 1.70. The number of methoxy groups -OCH3 is 1. The van der Waals surface area contributed by atoms with Crippen LogP contribution >= 0.6 is 0 Å². The first kappa shape index (κ1) is 14.0. The van der Waals surface area contributed by atoms with E-state index >= 15 is 0 Å². The zero-order chi connectivity index (χ0) is 12.3. The molecular weight excluding hydrogens is 214 g/mol. The van der Waals surface area contributed by atoms with E-state index in [1.165, 1.54) is 12.0 Å². The molecule has 3 heteroatoms. The summed E-state index contributed by atoms with van der Waals surface area (Å²) in [5, 5.41) is 3.35. The Morgan fingerprint density at radius 2 is 2.00 bits per heavy atom. The average Bonchev–Trinajstić information content (AvgIpc) is 2.38. The van der Waals surface area contributed by atoms with Crippen molar-refractivity contribution in [1.29, 1.82) is 0 Å². The minimum Gasteiger partial charge on any atom is -0.496 e.